The van der Waals surface area contributed by atoms with Gasteiger partial charge in [0, 0.05) is 17.7 Å². The zero-order valence-corrected chi connectivity index (χ0v) is 14.8. The highest BCUT2D eigenvalue weighted by Crippen LogP contribution is 2.19. The number of benzene rings is 2. The molecule has 1 amide bonds. The minimum absolute atomic E-state index is 0.0660. The van der Waals surface area contributed by atoms with Crippen LogP contribution in [0.25, 0.3) is 11.4 Å². The summed E-state index contributed by atoms with van der Waals surface area (Å²) in [6.45, 7) is 4.32. The number of aryl methyl sites for hydroxylation is 1. The predicted molar refractivity (Wildman–Crippen MR) is 100 cm³/mol. The quantitative estimate of drug-likeness (QED) is 0.708. The van der Waals surface area contributed by atoms with Crippen molar-refractivity contribution in [2.45, 2.75) is 32.6 Å². The topological polar surface area (TPSA) is 88.0 Å². The van der Waals surface area contributed by atoms with Gasteiger partial charge in [0.2, 0.25) is 5.91 Å². The number of nitrogens with one attached hydrogen (secondary N) is 2. The first-order chi connectivity index (χ1) is 12.5. The fourth-order valence-corrected chi connectivity index (χ4v) is 2.65. The Kier molecular flexibility index (Phi) is 5.31. The maximum absolute atomic E-state index is 12.2. The summed E-state index contributed by atoms with van der Waals surface area (Å²) in [5.74, 6) is 0.150. The lowest BCUT2D eigenvalue weighted by Crippen LogP contribution is -2.12. The first-order valence-corrected chi connectivity index (χ1v) is 8.56. The van der Waals surface area contributed by atoms with Crippen LogP contribution in [0.15, 0.2) is 57.8 Å². The third-order valence-electron chi connectivity index (χ3n) is 4.15. The fraction of sp³-hybridized carbons (Fsp3) is 0.250. The zero-order valence-electron chi connectivity index (χ0n) is 14.8. The number of aromatic nitrogens is 2. The van der Waals surface area contributed by atoms with Crippen LogP contribution in [-0.4, -0.2) is 16.0 Å². The van der Waals surface area contributed by atoms with Gasteiger partial charge >= 0.3 is 5.76 Å². The van der Waals surface area contributed by atoms with Gasteiger partial charge < -0.3 is 5.32 Å². The molecule has 3 aromatic rings. The van der Waals surface area contributed by atoms with Crippen molar-refractivity contribution in [1.29, 1.82) is 0 Å². The Morgan fingerprint density at radius 3 is 2.62 bits per heavy atom. The van der Waals surface area contributed by atoms with Gasteiger partial charge in [0.15, 0.2) is 5.82 Å². The molecule has 0 atom stereocenters. The number of hydrogen-bond donors (Lipinski definition) is 2. The molecule has 0 saturated carbocycles. The van der Waals surface area contributed by atoms with E-state index in [1.54, 1.807) is 24.3 Å². The first kappa shape index (κ1) is 17.7. The van der Waals surface area contributed by atoms with Crippen LogP contribution in [0.1, 0.15) is 37.3 Å². The fourth-order valence-electron chi connectivity index (χ4n) is 2.65. The van der Waals surface area contributed by atoms with Crippen LogP contribution < -0.4 is 11.1 Å². The Balaban J connectivity index is 1.59. The van der Waals surface area contributed by atoms with E-state index in [2.05, 4.69) is 58.1 Å². The number of anilines is 1. The molecular formula is C20H21N3O3. The lowest BCUT2D eigenvalue weighted by Gasteiger charge is -2.08. The standard InChI is InChI=1S/C20H21N3O3/c1-13(2)15-9-6-14(7-10-15)8-11-18(24)21-17-5-3-4-16(12-17)19-22-20(25)26-23-19/h3-7,9-10,12-13H,8,11H2,1-2H3,(H,21,24)(H,22,23,25). The molecule has 0 bridgehead atoms. The third-order valence-corrected chi connectivity index (χ3v) is 4.15. The van der Waals surface area contributed by atoms with Crippen LogP contribution in [0.5, 0.6) is 0 Å². The van der Waals surface area contributed by atoms with Crippen molar-refractivity contribution in [1.82, 2.24) is 10.1 Å². The molecule has 2 N–H and O–H groups in total. The van der Waals surface area contributed by atoms with E-state index >= 15 is 0 Å². The number of carbonyl (C=O) groups excluding carboxylic acids is 1. The Morgan fingerprint density at radius 2 is 1.96 bits per heavy atom. The lowest BCUT2D eigenvalue weighted by molar-refractivity contribution is -0.116. The molecule has 0 saturated heterocycles. The molecule has 0 spiro atoms. The van der Waals surface area contributed by atoms with Crippen LogP contribution in [0.3, 0.4) is 0 Å². The second-order valence-corrected chi connectivity index (χ2v) is 6.47. The summed E-state index contributed by atoms with van der Waals surface area (Å²) in [5, 5.41) is 6.52. The van der Waals surface area contributed by atoms with E-state index in [4.69, 9.17) is 0 Å². The summed E-state index contributed by atoms with van der Waals surface area (Å²) < 4.78 is 4.50. The van der Waals surface area contributed by atoms with E-state index < -0.39 is 5.76 Å². The largest absolute Gasteiger partial charge is 0.439 e. The minimum atomic E-state index is -0.613. The van der Waals surface area contributed by atoms with E-state index in [0.717, 1.165) is 5.56 Å². The van der Waals surface area contributed by atoms with E-state index in [-0.39, 0.29) is 5.91 Å². The van der Waals surface area contributed by atoms with Gasteiger partial charge in [-0.25, -0.2) is 4.79 Å². The van der Waals surface area contributed by atoms with Crippen LogP contribution >= 0.6 is 0 Å². The van der Waals surface area contributed by atoms with E-state index in [1.807, 2.05) is 0 Å². The molecule has 26 heavy (non-hydrogen) atoms. The molecule has 0 fully saturated rings. The molecule has 6 heteroatoms. The van der Waals surface area contributed by atoms with Crippen LogP contribution in [-0.2, 0) is 11.2 Å². The van der Waals surface area contributed by atoms with Gasteiger partial charge in [-0.1, -0.05) is 55.4 Å². The number of carbonyl (C=O) groups is 1. The van der Waals surface area contributed by atoms with Crippen molar-refractivity contribution in [3.8, 4) is 11.4 Å². The zero-order chi connectivity index (χ0) is 18.5. The van der Waals surface area contributed by atoms with Gasteiger partial charge in [-0.2, -0.15) is 0 Å². The number of hydrogen-bond acceptors (Lipinski definition) is 4. The number of aromatic amines is 1. The van der Waals surface area contributed by atoms with E-state index in [1.165, 1.54) is 5.56 Å². The Bertz CT molecular complexity index is 939. The van der Waals surface area contributed by atoms with Crippen molar-refractivity contribution in [2.24, 2.45) is 0 Å². The molecule has 6 nitrogen and oxygen atoms in total. The average Bonchev–Trinajstić information content (AvgIpc) is 3.07. The Hall–Kier alpha value is -3.15. The number of amides is 1. The molecule has 1 heterocycles. The van der Waals surface area contributed by atoms with Gasteiger partial charge in [-0.3, -0.25) is 14.3 Å². The van der Waals surface area contributed by atoms with Gasteiger partial charge in [0.1, 0.15) is 0 Å². The van der Waals surface area contributed by atoms with Gasteiger partial charge in [0.25, 0.3) is 0 Å². The molecule has 0 aliphatic carbocycles. The first-order valence-electron chi connectivity index (χ1n) is 8.56. The average molecular weight is 351 g/mol. The summed E-state index contributed by atoms with van der Waals surface area (Å²) in [7, 11) is 0. The maximum atomic E-state index is 12.2. The number of H-pyrrole nitrogens is 1. The van der Waals surface area contributed by atoms with E-state index in [0.29, 0.717) is 35.8 Å². The molecule has 0 aliphatic heterocycles. The summed E-state index contributed by atoms with van der Waals surface area (Å²) in [4.78, 5) is 25.7. The maximum Gasteiger partial charge on any atom is 0.439 e. The Labute approximate surface area is 151 Å². The smallest absolute Gasteiger partial charge is 0.326 e. The second kappa shape index (κ2) is 7.82. The van der Waals surface area contributed by atoms with Crippen molar-refractivity contribution >= 4 is 11.6 Å². The highest BCUT2D eigenvalue weighted by atomic mass is 16.5. The summed E-state index contributed by atoms with van der Waals surface area (Å²) >= 11 is 0. The SMILES string of the molecule is CC(C)c1ccc(CCC(=O)Nc2cccc(-c3noc(=O)[nH]3)c2)cc1. The van der Waals surface area contributed by atoms with Crippen molar-refractivity contribution in [3.63, 3.8) is 0 Å². The molecular weight excluding hydrogens is 330 g/mol. The summed E-state index contributed by atoms with van der Waals surface area (Å²) in [5.41, 5.74) is 3.74. The second-order valence-electron chi connectivity index (χ2n) is 6.47. The summed E-state index contributed by atoms with van der Waals surface area (Å²) in [6, 6.07) is 15.5. The minimum Gasteiger partial charge on any atom is -0.326 e. The molecule has 1 aromatic heterocycles. The van der Waals surface area contributed by atoms with Crippen LogP contribution in [0, 0.1) is 0 Å². The molecule has 0 unspecified atom stereocenters. The van der Waals surface area contributed by atoms with Crippen molar-refractivity contribution < 1.29 is 9.32 Å². The van der Waals surface area contributed by atoms with Gasteiger partial charge in [0.05, 0.1) is 0 Å². The Morgan fingerprint density at radius 1 is 1.19 bits per heavy atom. The third kappa shape index (κ3) is 4.47. The number of rotatable bonds is 6. The van der Waals surface area contributed by atoms with Crippen molar-refractivity contribution in [2.75, 3.05) is 5.32 Å². The summed E-state index contributed by atoms with van der Waals surface area (Å²) in [6.07, 6.45) is 1.08. The van der Waals surface area contributed by atoms with Crippen LogP contribution in [0.2, 0.25) is 0 Å². The molecule has 3 rings (SSSR count). The molecule has 0 aliphatic rings. The molecule has 0 radical (unpaired) electrons. The lowest BCUT2D eigenvalue weighted by atomic mass is 10.0. The monoisotopic (exact) mass is 351 g/mol. The van der Waals surface area contributed by atoms with Crippen LogP contribution in [0.4, 0.5) is 5.69 Å². The normalized spacial score (nSPS) is 10.9. The molecule has 134 valence electrons. The number of nitrogens with zero attached hydrogens (tertiary/aromatic N) is 1. The highest BCUT2D eigenvalue weighted by Gasteiger charge is 2.08. The molecule has 2 aromatic carbocycles. The highest BCUT2D eigenvalue weighted by molar-refractivity contribution is 5.91. The predicted octanol–water partition coefficient (Wildman–Crippen LogP) is 3.72. The van der Waals surface area contributed by atoms with Gasteiger partial charge in [-0.05, 0) is 35.6 Å². The van der Waals surface area contributed by atoms with Gasteiger partial charge in [-0.15, -0.1) is 0 Å². The van der Waals surface area contributed by atoms with E-state index in [9.17, 15) is 9.59 Å². The van der Waals surface area contributed by atoms with Crippen molar-refractivity contribution in [3.05, 3.63) is 70.2 Å².